The van der Waals surface area contributed by atoms with E-state index < -0.39 is 0 Å². The highest BCUT2D eigenvalue weighted by atomic mass is 16.3. The number of aliphatic hydroxyl groups is 1. The zero-order chi connectivity index (χ0) is 20.0. The fraction of sp³-hybridized carbons (Fsp3) is 0.333. The van der Waals surface area contributed by atoms with Crippen molar-refractivity contribution in [3.8, 4) is 0 Å². The van der Waals surface area contributed by atoms with Crippen molar-refractivity contribution in [3.05, 3.63) is 58.7 Å². The summed E-state index contributed by atoms with van der Waals surface area (Å²) in [5.41, 5.74) is 5.56. The number of amides is 2. The third kappa shape index (κ3) is 6.11. The van der Waals surface area contributed by atoms with E-state index in [4.69, 9.17) is 5.11 Å². The molecule has 0 fully saturated rings. The van der Waals surface area contributed by atoms with Gasteiger partial charge in [-0.25, -0.2) is 0 Å². The quantitative estimate of drug-likeness (QED) is 0.669. The molecule has 0 bridgehead atoms. The summed E-state index contributed by atoms with van der Waals surface area (Å²) in [6.07, 6.45) is -0.167. The summed E-state index contributed by atoms with van der Waals surface area (Å²) in [4.78, 5) is 23.6. The molecule has 6 heteroatoms. The minimum absolute atomic E-state index is 0.0792. The highest BCUT2D eigenvalue weighted by Gasteiger charge is 2.16. The molecular weight excluding hydrogens is 342 g/mol. The van der Waals surface area contributed by atoms with Crippen LogP contribution in [-0.4, -0.2) is 29.6 Å². The lowest BCUT2D eigenvalue weighted by Crippen LogP contribution is -2.28. The number of carbonyl (C=O) groups is 2. The Morgan fingerprint density at radius 3 is 2.48 bits per heavy atom. The van der Waals surface area contributed by atoms with Crippen molar-refractivity contribution in [1.82, 2.24) is 5.32 Å². The van der Waals surface area contributed by atoms with Crippen LogP contribution in [0.15, 0.2) is 36.4 Å². The molecule has 0 radical (unpaired) electrons. The molecule has 3 rings (SSSR count). The number of hydrogen-bond acceptors (Lipinski definition) is 4. The van der Waals surface area contributed by atoms with Gasteiger partial charge in [0.05, 0.1) is 17.9 Å². The van der Waals surface area contributed by atoms with E-state index in [9.17, 15) is 9.59 Å². The fourth-order valence-corrected chi connectivity index (χ4v) is 2.51. The number of anilines is 2. The second kappa shape index (κ2) is 9.19. The fourth-order valence-electron chi connectivity index (χ4n) is 2.51. The van der Waals surface area contributed by atoms with Gasteiger partial charge in [-0.3, -0.25) is 9.59 Å². The third-order valence-corrected chi connectivity index (χ3v) is 4.02. The van der Waals surface area contributed by atoms with Crippen LogP contribution in [0.1, 0.15) is 40.9 Å². The van der Waals surface area contributed by atoms with Crippen LogP contribution < -0.4 is 16.0 Å². The predicted octanol–water partition coefficient (Wildman–Crippen LogP) is 2.98. The number of carbonyl (C=O) groups excluding carboxylic acids is 2. The molecule has 2 amide bonds. The number of hydrogen-bond donors (Lipinski definition) is 4. The van der Waals surface area contributed by atoms with E-state index in [1.54, 1.807) is 32.0 Å². The number of rotatable bonds is 3. The Morgan fingerprint density at radius 2 is 1.81 bits per heavy atom. The summed E-state index contributed by atoms with van der Waals surface area (Å²) in [6.45, 7) is 8.28. The molecular formula is C21H27N3O3. The number of aliphatic hydroxyl groups excluding tert-OH is 1. The first-order valence-corrected chi connectivity index (χ1v) is 8.96. The molecule has 0 atom stereocenters. The topological polar surface area (TPSA) is 90.5 Å². The predicted molar refractivity (Wildman–Crippen MR) is 108 cm³/mol. The summed E-state index contributed by atoms with van der Waals surface area (Å²) in [5.74, 6) is -0.214. The maximum absolute atomic E-state index is 12.3. The van der Waals surface area contributed by atoms with Gasteiger partial charge in [0.15, 0.2) is 0 Å². The summed E-state index contributed by atoms with van der Waals surface area (Å²) in [6, 6.07) is 11.4. The smallest absolute Gasteiger partial charge is 0.251 e. The molecule has 27 heavy (non-hydrogen) atoms. The molecule has 0 saturated heterocycles. The maximum atomic E-state index is 12.3. The van der Waals surface area contributed by atoms with Crippen LogP contribution in [0.4, 0.5) is 11.4 Å². The van der Waals surface area contributed by atoms with Crippen LogP contribution in [-0.2, 0) is 11.3 Å². The summed E-state index contributed by atoms with van der Waals surface area (Å²) < 4.78 is 0. The molecule has 1 aliphatic heterocycles. The standard InChI is InChI=1S/C18H19N3O2.C3H8O/c1-11-3-4-13(7-12(11)2)9-20-18(23)14-5-6-15-16(8-14)19-10-17(22)21-15;1-3(2)4/h3-8,19H,9-10H2,1-2H3,(H,20,23)(H,21,22);3-4H,1-2H3. The zero-order valence-corrected chi connectivity index (χ0v) is 16.2. The largest absolute Gasteiger partial charge is 0.394 e. The Balaban J connectivity index is 0.000000596. The van der Waals surface area contributed by atoms with Crippen molar-refractivity contribution in [3.63, 3.8) is 0 Å². The van der Waals surface area contributed by atoms with Gasteiger partial charge in [0, 0.05) is 18.2 Å². The monoisotopic (exact) mass is 369 g/mol. The molecule has 0 aliphatic carbocycles. The van der Waals surface area contributed by atoms with Crippen molar-refractivity contribution < 1.29 is 14.7 Å². The van der Waals surface area contributed by atoms with E-state index in [2.05, 4.69) is 41.9 Å². The van der Waals surface area contributed by atoms with Crippen LogP contribution >= 0.6 is 0 Å². The average Bonchev–Trinajstić information content (AvgIpc) is 2.61. The molecule has 0 saturated carbocycles. The van der Waals surface area contributed by atoms with E-state index in [0.29, 0.717) is 17.8 Å². The summed E-state index contributed by atoms with van der Waals surface area (Å²) in [5, 5.41) is 16.7. The lowest BCUT2D eigenvalue weighted by molar-refractivity contribution is -0.114. The second-order valence-electron chi connectivity index (χ2n) is 6.86. The summed E-state index contributed by atoms with van der Waals surface area (Å²) in [7, 11) is 0. The lowest BCUT2D eigenvalue weighted by atomic mass is 10.1. The van der Waals surface area contributed by atoms with E-state index in [1.807, 2.05) is 6.07 Å². The van der Waals surface area contributed by atoms with Gasteiger partial charge >= 0.3 is 0 Å². The Hall–Kier alpha value is -2.86. The van der Waals surface area contributed by atoms with Crippen molar-refractivity contribution in [2.75, 3.05) is 17.2 Å². The van der Waals surface area contributed by atoms with E-state index in [0.717, 1.165) is 11.3 Å². The molecule has 144 valence electrons. The van der Waals surface area contributed by atoms with Crippen molar-refractivity contribution in [2.45, 2.75) is 40.3 Å². The van der Waals surface area contributed by atoms with Crippen molar-refractivity contribution >= 4 is 23.2 Å². The first-order chi connectivity index (χ1) is 12.8. The molecule has 4 N–H and O–H groups in total. The van der Waals surface area contributed by atoms with Crippen LogP contribution in [0.3, 0.4) is 0 Å². The molecule has 1 aliphatic rings. The molecule has 2 aromatic rings. The Labute approximate surface area is 160 Å². The van der Waals surface area contributed by atoms with Crippen LogP contribution in [0, 0.1) is 13.8 Å². The van der Waals surface area contributed by atoms with Gasteiger partial charge in [-0.15, -0.1) is 0 Å². The molecule has 6 nitrogen and oxygen atoms in total. The summed E-state index contributed by atoms with van der Waals surface area (Å²) >= 11 is 0. The first kappa shape index (κ1) is 20.5. The number of fused-ring (bicyclic) bond motifs is 1. The van der Waals surface area contributed by atoms with E-state index in [-0.39, 0.29) is 24.5 Å². The van der Waals surface area contributed by atoms with Gasteiger partial charge in [-0.2, -0.15) is 0 Å². The molecule has 1 heterocycles. The van der Waals surface area contributed by atoms with Gasteiger partial charge in [-0.05, 0) is 62.6 Å². The van der Waals surface area contributed by atoms with E-state index in [1.165, 1.54) is 11.1 Å². The maximum Gasteiger partial charge on any atom is 0.251 e. The third-order valence-electron chi connectivity index (χ3n) is 4.02. The number of aryl methyl sites for hydroxylation is 2. The molecule has 0 aromatic heterocycles. The lowest BCUT2D eigenvalue weighted by Gasteiger charge is -2.19. The van der Waals surface area contributed by atoms with Gasteiger partial charge in [0.2, 0.25) is 5.91 Å². The Morgan fingerprint density at radius 1 is 1.11 bits per heavy atom. The van der Waals surface area contributed by atoms with Crippen molar-refractivity contribution in [2.24, 2.45) is 0 Å². The number of nitrogens with one attached hydrogen (secondary N) is 3. The van der Waals surface area contributed by atoms with Gasteiger partial charge in [0.25, 0.3) is 5.91 Å². The minimum Gasteiger partial charge on any atom is -0.394 e. The molecule has 2 aromatic carbocycles. The highest BCUT2D eigenvalue weighted by Crippen LogP contribution is 2.25. The number of benzene rings is 2. The second-order valence-corrected chi connectivity index (χ2v) is 6.86. The molecule has 0 unspecified atom stereocenters. The Bertz CT molecular complexity index is 829. The zero-order valence-electron chi connectivity index (χ0n) is 16.2. The van der Waals surface area contributed by atoms with Crippen LogP contribution in [0.5, 0.6) is 0 Å². The van der Waals surface area contributed by atoms with E-state index >= 15 is 0 Å². The van der Waals surface area contributed by atoms with Gasteiger partial charge in [-0.1, -0.05) is 18.2 Å². The Kier molecular flexibility index (Phi) is 6.96. The van der Waals surface area contributed by atoms with Crippen LogP contribution in [0.2, 0.25) is 0 Å². The van der Waals surface area contributed by atoms with Gasteiger partial charge < -0.3 is 21.1 Å². The molecule has 0 spiro atoms. The minimum atomic E-state index is -0.167. The SMILES string of the molecule is CC(C)O.Cc1ccc(CNC(=O)c2ccc3c(c2)NCC(=O)N3)cc1C. The van der Waals surface area contributed by atoms with Gasteiger partial charge in [0.1, 0.15) is 0 Å². The first-order valence-electron chi connectivity index (χ1n) is 8.96. The average molecular weight is 369 g/mol. The van der Waals surface area contributed by atoms with Crippen LogP contribution in [0.25, 0.3) is 0 Å². The highest BCUT2D eigenvalue weighted by molar-refractivity contribution is 6.03. The van der Waals surface area contributed by atoms with Crippen molar-refractivity contribution in [1.29, 1.82) is 0 Å². The normalized spacial score (nSPS) is 12.3.